The van der Waals surface area contributed by atoms with Crippen molar-refractivity contribution in [3.05, 3.63) is 35.4 Å². The Balaban J connectivity index is 2.94. The summed E-state index contributed by atoms with van der Waals surface area (Å²) in [6.07, 6.45) is 1.10. The van der Waals surface area contributed by atoms with Gasteiger partial charge in [0.05, 0.1) is 0 Å². The van der Waals surface area contributed by atoms with E-state index >= 15 is 0 Å². The van der Waals surface area contributed by atoms with Gasteiger partial charge in [-0.05, 0) is 24.3 Å². The highest BCUT2D eigenvalue weighted by Crippen LogP contribution is 2.34. The zero-order chi connectivity index (χ0) is 10.8. The van der Waals surface area contributed by atoms with Gasteiger partial charge < -0.3 is 5.73 Å². The fourth-order valence-electron chi connectivity index (χ4n) is 1.53. The van der Waals surface area contributed by atoms with Gasteiger partial charge in [-0.1, -0.05) is 50.6 Å². The second-order valence-corrected chi connectivity index (χ2v) is 4.73. The lowest BCUT2D eigenvalue weighted by Gasteiger charge is -2.30. The molecule has 0 heterocycles. The summed E-state index contributed by atoms with van der Waals surface area (Å²) in [5, 5.41) is 0. The van der Waals surface area contributed by atoms with Crippen LogP contribution in [-0.2, 0) is 0 Å². The van der Waals surface area contributed by atoms with Crippen LogP contribution in [0.4, 0.5) is 0 Å². The fourth-order valence-corrected chi connectivity index (χ4v) is 1.53. The van der Waals surface area contributed by atoms with Crippen molar-refractivity contribution in [2.75, 3.05) is 0 Å². The van der Waals surface area contributed by atoms with Gasteiger partial charge in [0.25, 0.3) is 0 Å². The van der Waals surface area contributed by atoms with E-state index in [1.165, 1.54) is 11.1 Å². The molecule has 0 bridgehead atoms. The van der Waals surface area contributed by atoms with Crippen LogP contribution in [0.3, 0.4) is 0 Å². The lowest BCUT2D eigenvalue weighted by Crippen LogP contribution is -2.28. The van der Waals surface area contributed by atoms with Gasteiger partial charge in [-0.25, -0.2) is 0 Å². The Kier molecular flexibility index (Phi) is 3.33. The van der Waals surface area contributed by atoms with E-state index in [9.17, 15) is 0 Å². The van der Waals surface area contributed by atoms with E-state index < -0.39 is 0 Å². The van der Waals surface area contributed by atoms with Crippen molar-refractivity contribution in [1.82, 2.24) is 0 Å². The largest absolute Gasteiger partial charge is 0.324 e. The standard InChI is InChI=1S/C13H21N/c1-5-13(3,4)12(14)11-8-6-7-10(2)9-11/h6-9,12H,5,14H2,1-4H3. The maximum atomic E-state index is 6.25. The molecule has 0 amide bonds. The van der Waals surface area contributed by atoms with Gasteiger partial charge in [-0.2, -0.15) is 0 Å². The topological polar surface area (TPSA) is 26.0 Å². The Morgan fingerprint density at radius 3 is 2.50 bits per heavy atom. The average Bonchev–Trinajstić information content (AvgIpc) is 2.16. The molecule has 1 aromatic carbocycles. The molecule has 0 aromatic heterocycles. The quantitative estimate of drug-likeness (QED) is 0.778. The molecule has 1 heteroatoms. The minimum Gasteiger partial charge on any atom is -0.324 e. The number of aryl methyl sites for hydroxylation is 1. The summed E-state index contributed by atoms with van der Waals surface area (Å²) in [4.78, 5) is 0. The second kappa shape index (κ2) is 4.14. The molecule has 78 valence electrons. The molecule has 0 aliphatic rings. The molecule has 0 saturated heterocycles. The molecule has 0 radical (unpaired) electrons. The monoisotopic (exact) mass is 191 g/mol. The normalized spacial score (nSPS) is 14.1. The van der Waals surface area contributed by atoms with Gasteiger partial charge in [0.1, 0.15) is 0 Å². The SMILES string of the molecule is CCC(C)(C)C(N)c1cccc(C)c1. The van der Waals surface area contributed by atoms with Crippen LogP contribution >= 0.6 is 0 Å². The first-order valence-electron chi connectivity index (χ1n) is 5.29. The van der Waals surface area contributed by atoms with Gasteiger partial charge in [0.2, 0.25) is 0 Å². The summed E-state index contributed by atoms with van der Waals surface area (Å²) in [7, 11) is 0. The summed E-state index contributed by atoms with van der Waals surface area (Å²) in [5.74, 6) is 0. The molecule has 14 heavy (non-hydrogen) atoms. The maximum absolute atomic E-state index is 6.25. The van der Waals surface area contributed by atoms with Crippen molar-refractivity contribution < 1.29 is 0 Å². The molecule has 0 aliphatic carbocycles. The molecule has 0 fully saturated rings. The maximum Gasteiger partial charge on any atom is 0.0346 e. The Morgan fingerprint density at radius 2 is 2.00 bits per heavy atom. The average molecular weight is 191 g/mol. The first-order valence-corrected chi connectivity index (χ1v) is 5.29. The number of benzene rings is 1. The minimum absolute atomic E-state index is 0.132. The van der Waals surface area contributed by atoms with Crippen LogP contribution in [0.25, 0.3) is 0 Å². The van der Waals surface area contributed by atoms with Crippen molar-refractivity contribution in [3.63, 3.8) is 0 Å². The summed E-state index contributed by atoms with van der Waals surface area (Å²) in [6, 6.07) is 8.62. The van der Waals surface area contributed by atoms with Gasteiger partial charge in [-0.15, -0.1) is 0 Å². The highest BCUT2D eigenvalue weighted by molar-refractivity contribution is 5.26. The Morgan fingerprint density at radius 1 is 1.36 bits per heavy atom. The van der Waals surface area contributed by atoms with E-state index in [0.717, 1.165) is 6.42 Å². The smallest absolute Gasteiger partial charge is 0.0346 e. The summed E-state index contributed by atoms with van der Waals surface area (Å²) in [6.45, 7) is 8.74. The molecule has 1 rings (SSSR count). The molecular weight excluding hydrogens is 170 g/mol. The second-order valence-electron chi connectivity index (χ2n) is 4.73. The predicted molar refractivity (Wildman–Crippen MR) is 62.2 cm³/mol. The predicted octanol–water partition coefficient (Wildman–Crippen LogP) is 3.43. The third-order valence-corrected chi connectivity index (χ3v) is 3.15. The minimum atomic E-state index is 0.132. The zero-order valence-electron chi connectivity index (χ0n) is 9.67. The molecule has 0 aliphatic heterocycles. The van der Waals surface area contributed by atoms with Crippen LogP contribution in [0.2, 0.25) is 0 Å². The zero-order valence-corrected chi connectivity index (χ0v) is 9.67. The lowest BCUT2D eigenvalue weighted by molar-refractivity contribution is 0.278. The number of rotatable bonds is 3. The number of nitrogens with two attached hydrogens (primary N) is 1. The molecular formula is C13H21N. The highest BCUT2D eigenvalue weighted by Gasteiger charge is 2.25. The van der Waals surface area contributed by atoms with Gasteiger partial charge in [0.15, 0.2) is 0 Å². The van der Waals surface area contributed by atoms with E-state index in [2.05, 4.69) is 52.0 Å². The lowest BCUT2D eigenvalue weighted by atomic mass is 9.79. The Hall–Kier alpha value is -0.820. The van der Waals surface area contributed by atoms with Crippen molar-refractivity contribution in [3.8, 4) is 0 Å². The van der Waals surface area contributed by atoms with Crippen molar-refractivity contribution in [1.29, 1.82) is 0 Å². The molecule has 1 atom stereocenters. The van der Waals surface area contributed by atoms with E-state index in [-0.39, 0.29) is 11.5 Å². The summed E-state index contributed by atoms with van der Waals surface area (Å²) < 4.78 is 0. The van der Waals surface area contributed by atoms with Crippen LogP contribution in [0.5, 0.6) is 0 Å². The third kappa shape index (κ3) is 2.36. The van der Waals surface area contributed by atoms with Crippen LogP contribution in [0, 0.1) is 12.3 Å². The molecule has 0 spiro atoms. The summed E-state index contributed by atoms with van der Waals surface area (Å²) >= 11 is 0. The Bertz CT molecular complexity index is 302. The number of hydrogen-bond acceptors (Lipinski definition) is 1. The molecule has 1 aromatic rings. The molecule has 2 N–H and O–H groups in total. The highest BCUT2D eigenvalue weighted by atomic mass is 14.7. The first kappa shape index (κ1) is 11.3. The first-order chi connectivity index (χ1) is 6.47. The van der Waals surface area contributed by atoms with Crippen LogP contribution in [0.1, 0.15) is 44.4 Å². The Labute approximate surface area is 87.3 Å². The van der Waals surface area contributed by atoms with Crippen LogP contribution < -0.4 is 5.73 Å². The van der Waals surface area contributed by atoms with E-state index in [0.29, 0.717) is 0 Å². The molecule has 0 saturated carbocycles. The van der Waals surface area contributed by atoms with Crippen LogP contribution in [-0.4, -0.2) is 0 Å². The van der Waals surface area contributed by atoms with E-state index in [4.69, 9.17) is 5.73 Å². The van der Waals surface area contributed by atoms with Gasteiger partial charge in [-0.3, -0.25) is 0 Å². The van der Waals surface area contributed by atoms with E-state index in [1.807, 2.05) is 0 Å². The summed E-state index contributed by atoms with van der Waals surface area (Å²) in [5.41, 5.74) is 8.96. The van der Waals surface area contributed by atoms with Crippen LogP contribution in [0.15, 0.2) is 24.3 Å². The van der Waals surface area contributed by atoms with Crippen molar-refractivity contribution in [2.24, 2.45) is 11.1 Å². The number of hydrogen-bond donors (Lipinski definition) is 1. The van der Waals surface area contributed by atoms with Crippen molar-refractivity contribution in [2.45, 2.75) is 40.2 Å². The molecule has 1 nitrogen and oxygen atoms in total. The van der Waals surface area contributed by atoms with Gasteiger partial charge >= 0.3 is 0 Å². The van der Waals surface area contributed by atoms with Crippen molar-refractivity contribution >= 4 is 0 Å². The van der Waals surface area contributed by atoms with E-state index in [1.54, 1.807) is 0 Å². The third-order valence-electron chi connectivity index (χ3n) is 3.15. The fraction of sp³-hybridized carbons (Fsp3) is 0.538. The molecule has 1 unspecified atom stereocenters. The van der Waals surface area contributed by atoms with Gasteiger partial charge in [0, 0.05) is 6.04 Å².